The van der Waals surface area contributed by atoms with Gasteiger partial charge < -0.3 is 9.47 Å². The van der Waals surface area contributed by atoms with Crippen molar-refractivity contribution in [1.82, 2.24) is 14.5 Å². The summed E-state index contributed by atoms with van der Waals surface area (Å²) in [7, 11) is 0. The van der Waals surface area contributed by atoms with Crippen molar-refractivity contribution in [3.05, 3.63) is 107 Å². The Kier molecular flexibility index (Phi) is 6.72. The Morgan fingerprint density at radius 1 is 1.08 bits per heavy atom. The normalized spacial score (nSPS) is 15.2. The standard InChI is InChI=1S/C31H32ClN3O/c1-4-23-9-5-6-10-27(23)31(3)14-17-34(18-15-31)22(2)26-20-35(29-19-24(32)12-13-25(26)29)21-30(36)28-11-7-8-16-33-28/h5-13,16,19-20H,2,4,14-15,17-18,21H2,1,3H3. The fourth-order valence-corrected chi connectivity index (χ4v) is 5.68. The highest BCUT2D eigenvalue weighted by molar-refractivity contribution is 6.31. The van der Waals surface area contributed by atoms with Crippen molar-refractivity contribution in [3.8, 4) is 0 Å². The zero-order valence-electron chi connectivity index (χ0n) is 21.0. The number of hydrogen-bond donors (Lipinski definition) is 0. The number of benzene rings is 2. The lowest BCUT2D eigenvalue weighted by Gasteiger charge is -2.42. The van der Waals surface area contributed by atoms with Crippen LogP contribution >= 0.6 is 11.6 Å². The summed E-state index contributed by atoms with van der Waals surface area (Å²) in [6, 6.07) is 20.1. The van der Waals surface area contributed by atoms with E-state index in [-0.39, 0.29) is 17.7 Å². The van der Waals surface area contributed by atoms with Crippen molar-refractivity contribution >= 4 is 34.0 Å². The molecule has 5 heteroatoms. The van der Waals surface area contributed by atoms with Crippen LogP contribution in [0.15, 0.2) is 79.6 Å². The van der Waals surface area contributed by atoms with Gasteiger partial charge in [0, 0.05) is 47.2 Å². The van der Waals surface area contributed by atoms with E-state index < -0.39 is 0 Å². The van der Waals surface area contributed by atoms with Gasteiger partial charge >= 0.3 is 0 Å². The molecule has 4 nitrogen and oxygen atoms in total. The first-order valence-corrected chi connectivity index (χ1v) is 13.0. The van der Waals surface area contributed by atoms with Crippen molar-refractivity contribution in [3.63, 3.8) is 0 Å². The second-order valence-electron chi connectivity index (χ2n) is 9.98. The number of rotatable bonds is 7. The molecule has 0 spiro atoms. The van der Waals surface area contributed by atoms with E-state index in [1.165, 1.54) is 11.1 Å². The van der Waals surface area contributed by atoms with Gasteiger partial charge in [-0.1, -0.05) is 68.4 Å². The molecule has 0 saturated carbocycles. The van der Waals surface area contributed by atoms with Gasteiger partial charge in [0.1, 0.15) is 5.69 Å². The summed E-state index contributed by atoms with van der Waals surface area (Å²) in [5.41, 5.74) is 6.54. The monoisotopic (exact) mass is 497 g/mol. The lowest BCUT2D eigenvalue weighted by molar-refractivity contribution is 0.0968. The van der Waals surface area contributed by atoms with E-state index in [1.807, 2.05) is 41.1 Å². The van der Waals surface area contributed by atoms with Gasteiger partial charge in [0.2, 0.25) is 5.78 Å². The summed E-state index contributed by atoms with van der Waals surface area (Å²) in [5, 5.41) is 1.70. The van der Waals surface area contributed by atoms with Crippen molar-refractivity contribution in [2.45, 2.75) is 45.1 Å². The maximum absolute atomic E-state index is 12.9. The van der Waals surface area contributed by atoms with Crippen molar-refractivity contribution < 1.29 is 4.79 Å². The number of nitrogens with zero attached hydrogens (tertiary/aromatic N) is 3. The minimum atomic E-state index is -0.0343. The molecule has 1 fully saturated rings. The topological polar surface area (TPSA) is 38.1 Å². The molecule has 2 aromatic carbocycles. The Bertz CT molecular complexity index is 1410. The average Bonchev–Trinajstić information content (AvgIpc) is 3.26. The molecule has 2 aromatic heterocycles. The minimum absolute atomic E-state index is 0.0343. The lowest BCUT2D eigenvalue weighted by Crippen LogP contribution is -2.40. The zero-order chi connectivity index (χ0) is 25.3. The van der Waals surface area contributed by atoms with Crippen LogP contribution < -0.4 is 0 Å². The highest BCUT2D eigenvalue weighted by Gasteiger charge is 2.34. The van der Waals surface area contributed by atoms with E-state index in [0.29, 0.717) is 10.7 Å². The minimum Gasteiger partial charge on any atom is -0.371 e. The molecule has 0 aliphatic carbocycles. The van der Waals surface area contributed by atoms with Gasteiger partial charge in [0.15, 0.2) is 0 Å². The maximum Gasteiger partial charge on any atom is 0.200 e. The number of pyridine rings is 1. The lowest BCUT2D eigenvalue weighted by atomic mass is 9.72. The Hall–Kier alpha value is -3.37. The van der Waals surface area contributed by atoms with Gasteiger partial charge in [-0.25, -0.2) is 0 Å². The molecule has 1 aliphatic rings. The molecular formula is C31H32ClN3O. The highest BCUT2D eigenvalue weighted by atomic mass is 35.5. The van der Waals surface area contributed by atoms with Crippen LogP contribution in [0.3, 0.4) is 0 Å². The Morgan fingerprint density at radius 3 is 2.56 bits per heavy atom. The number of aryl methyl sites for hydroxylation is 1. The molecule has 184 valence electrons. The average molecular weight is 498 g/mol. The van der Waals surface area contributed by atoms with E-state index in [0.717, 1.165) is 54.5 Å². The number of Topliss-reactive ketones (excluding diaryl/α,β-unsaturated/α-hetero) is 1. The first-order chi connectivity index (χ1) is 17.4. The number of aromatic nitrogens is 2. The van der Waals surface area contributed by atoms with Crippen molar-refractivity contribution in [2.75, 3.05) is 13.1 Å². The fraction of sp³-hybridized carbons (Fsp3) is 0.290. The van der Waals surface area contributed by atoms with Crippen LogP contribution in [0.2, 0.25) is 5.02 Å². The van der Waals surface area contributed by atoms with Gasteiger partial charge in [-0.2, -0.15) is 0 Å². The second-order valence-corrected chi connectivity index (χ2v) is 10.4. The predicted octanol–water partition coefficient (Wildman–Crippen LogP) is 7.16. The fourth-order valence-electron chi connectivity index (χ4n) is 5.52. The van der Waals surface area contributed by atoms with Crippen LogP contribution in [0.1, 0.15) is 53.9 Å². The largest absolute Gasteiger partial charge is 0.371 e. The zero-order valence-corrected chi connectivity index (χ0v) is 21.8. The predicted molar refractivity (Wildman–Crippen MR) is 149 cm³/mol. The summed E-state index contributed by atoms with van der Waals surface area (Å²) in [6.45, 7) is 11.2. The molecule has 4 aromatic rings. The first kappa shape index (κ1) is 24.3. The van der Waals surface area contributed by atoms with E-state index in [9.17, 15) is 4.79 Å². The smallest absolute Gasteiger partial charge is 0.200 e. The number of piperidine rings is 1. The molecule has 1 aliphatic heterocycles. The Morgan fingerprint density at radius 2 is 1.83 bits per heavy atom. The molecule has 0 amide bonds. The molecule has 3 heterocycles. The third-order valence-corrected chi connectivity index (χ3v) is 7.95. The number of carbonyl (C=O) groups is 1. The number of hydrogen-bond acceptors (Lipinski definition) is 3. The highest BCUT2D eigenvalue weighted by Crippen LogP contribution is 2.40. The molecule has 5 rings (SSSR count). The Balaban J connectivity index is 1.40. The first-order valence-electron chi connectivity index (χ1n) is 12.6. The van der Waals surface area contributed by atoms with Crippen LogP contribution in [-0.4, -0.2) is 33.3 Å². The van der Waals surface area contributed by atoms with Gasteiger partial charge in [0.25, 0.3) is 0 Å². The second kappa shape index (κ2) is 9.94. The van der Waals surface area contributed by atoms with E-state index in [4.69, 9.17) is 11.6 Å². The molecule has 0 radical (unpaired) electrons. The summed E-state index contributed by atoms with van der Waals surface area (Å²) in [6.07, 6.45) is 6.90. The van der Waals surface area contributed by atoms with E-state index in [2.05, 4.69) is 54.6 Å². The quantitative estimate of drug-likeness (QED) is 0.254. The third kappa shape index (κ3) is 4.58. The van der Waals surface area contributed by atoms with Crippen LogP contribution in [0.4, 0.5) is 0 Å². The summed E-state index contributed by atoms with van der Waals surface area (Å²) < 4.78 is 1.98. The summed E-state index contributed by atoms with van der Waals surface area (Å²) in [4.78, 5) is 19.6. The number of ketones is 1. The third-order valence-electron chi connectivity index (χ3n) is 7.72. The molecule has 0 unspecified atom stereocenters. The van der Waals surface area contributed by atoms with Crippen molar-refractivity contribution in [2.24, 2.45) is 0 Å². The number of halogens is 1. The Labute approximate surface area is 218 Å². The van der Waals surface area contributed by atoms with Gasteiger partial charge in [-0.3, -0.25) is 9.78 Å². The molecule has 1 saturated heterocycles. The maximum atomic E-state index is 12.9. The molecular weight excluding hydrogens is 466 g/mol. The van der Waals surface area contributed by atoms with Gasteiger partial charge in [-0.05, 0) is 60.1 Å². The SMILES string of the molecule is C=C(c1cn(CC(=O)c2ccccn2)c2cc(Cl)ccc12)N1CCC(C)(c2ccccc2CC)CC1. The van der Waals surface area contributed by atoms with Crippen LogP contribution in [0.5, 0.6) is 0 Å². The number of carbonyl (C=O) groups excluding carboxylic acids is 1. The van der Waals surface area contributed by atoms with Gasteiger partial charge in [0.05, 0.1) is 12.1 Å². The number of likely N-dealkylation sites (tertiary alicyclic amines) is 1. The van der Waals surface area contributed by atoms with E-state index >= 15 is 0 Å². The van der Waals surface area contributed by atoms with Crippen LogP contribution in [0.25, 0.3) is 16.6 Å². The van der Waals surface area contributed by atoms with Crippen molar-refractivity contribution in [1.29, 1.82) is 0 Å². The molecule has 0 atom stereocenters. The molecule has 0 bridgehead atoms. The summed E-state index contributed by atoms with van der Waals surface area (Å²) >= 11 is 6.35. The van der Waals surface area contributed by atoms with E-state index in [1.54, 1.807) is 12.3 Å². The van der Waals surface area contributed by atoms with Gasteiger partial charge in [-0.15, -0.1) is 0 Å². The summed E-state index contributed by atoms with van der Waals surface area (Å²) in [5.74, 6) is -0.0343. The molecule has 0 N–H and O–H groups in total. The van der Waals surface area contributed by atoms with Crippen LogP contribution in [0, 0.1) is 0 Å². The van der Waals surface area contributed by atoms with Crippen LogP contribution in [-0.2, 0) is 18.4 Å². The molecule has 36 heavy (non-hydrogen) atoms. The number of fused-ring (bicyclic) bond motifs is 1.